The van der Waals surface area contributed by atoms with Crippen molar-refractivity contribution in [2.75, 3.05) is 0 Å². The monoisotopic (exact) mass is 198 g/mol. The quantitative estimate of drug-likeness (QED) is 0.168. The molecule has 0 aliphatic rings. The van der Waals surface area contributed by atoms with E-state index in [1.807, 2.05) is 13.8 Å². The molecule has 0 aromatic carbocycles. The largest absolute Gasteiger partial charge is 1.00 e. The maximum absolute atomic E-state index is 8.52. The van der Waals surface area contributed by atoms with E-state index >= 15 is 0 Å². The molecule has 0 amide bonds. The molecule has 0 aliphatic heterocycles. The topological polar surface area (TPSA) is 80.3 Å². The van der Waals surface area contributed by atoms with Crippen LogP contribution in [0.4, 0.5) is 0 Å². The second-order valence-electron chi connectivity index (χ2n) is 1.62. The average molecular weight is 198 g/mol. The number of allylic oxidation sites excluding steroid dienone is 1. The van der Waals surface area contributed by atoms with E-state index in [9.17, 15) is 0 Å². The summed E-state index contributed by atoms with van der Waals surface area (Å²) in [6.07, 6.45) is 0. The molecule has 0 N–H and O–H groups in total. The molecular weight excluding hydrogens is 190 g/mol. The van der Waals surface area contributed by atoms with Crippen LogP contribution in [0, 0.1) is 0 Å². The molecule has 0 saturated heterocycles. The van der Waals surface area contributed by atoms with Crippen molar-refractivity contribution in [3.8, 4) is 0 Å². The minimum atomic E-state index is -5.17. The fraction of sp³-hybridized carbons (Fsp3) is 0.500. The fourth-order valence-corrected chi connectivity index (χ4v) is 0. The van der Waals surface area contributed by atoms with Crippen LogP contribution < -0.4 is 59.1 Å². The summed E-state index contributed by atoms with van der Waals surface area (Å²) in [4.78, 5) is 0. The molecule has 7 heteroatoms. The second kappa shape index (κ2) is 11.6. The van der Waals surface area contributed by atoms with Gasteiger partial charge in [0.15, 0.2) is 0 Å². The predicted molar refractivity (Wildman–Crippen MR) is 31.0 cm³/mol. The van der Waals surface area contributed by atoms with Crippen LogP contribution in [0.3, 0.4) is 0 Å². The smallest absolute Gasteiger partial charge is 0.759 e. The third-order valence-electron chi connectivity index (χ3n) is 0. The minimum absolute atomic E-state index is 0. The molecule has 0 saturated carbocycles. The van der Waals surface area contributed by atoms with Gasteiger partial charge >= 0.3 is 59.1 Å². The van der Waals surface area contributed by atoms with Crippen LogP contribution in [0.15, 0.2) is 12.2 Å². The van der Waals surface area contributed by atoms with Gasteiger partial charge in [0.25, 0.3) is 0 Å². The summed E-state index contributed by atoms with van der Waals surface area (Å²) in [5.41, 5.74) is 1.17. The average Bonchev–Trinajstić information content (AvgIpc) is 1.19. The van der Waals surface area contributed by atoms with Gasteiger partial charge in [0.05, 0.1) is 0 Å². The molecule has 4 nitrogen and oxygen atoms in total. The summed E-state index contributed by atoms with van der Waals surface area (Å²) in [5, 5.41) is 0. The van der Waals surface area contributed by atoms with Crippen LogP contribution in [-0.2, 0) is 10.4 Å². The molecular formula is C4H8Na2O4S. The molecule has 0 aromatic rings. The zero-order valence-corrected chi connectivity index (χ0v) is 12.1. The molecule has 0 radical (unpaired) electrons. The van der Waals surface area contributed by atoms with Gasteiger partial charge in [-0.05, 0) is 13.8 Å². The van der Waals surface area contributed by atoms with Crippen molar-refractivity contribution in [2.24, 2.45) is 0 Å². The fourth-order valence-electron chi connectivity index (χ4n) is 0. The molecule has 0 fully saturated rings. The van der Waals surface area contributed by atoms with Crippen LogP contribution in [0.25, 0.3) is 0 Å². The number of rotatable bonds is 0. The minimum Gasteiger partial charge on any atom is -0.759 e. The zero-order chi connectivity index (χ0) is 8.08. The Kier molecular flexibility index (Phi) is 24.2. The molecule has 11 heavy (non-hydrogen) atoms. The third-order valence-corrected chi connectivity index (χ3v) is 0. The van der Waals surface area contributed by atoms with E-state index in [1.54, 1.807) is 0 Å². The first kappa shape index (κ1) is 22.9. The Hall–Kier alpha value is 1.61. The van der Waals surface area contributed by atoms with E-state index in [2.05, 4.69) is 6.58 Å². The van der Waals surface area contributed by atoms with Crippen LogP contribution in [0.1, 0.15) is 13.8 Å². The second-order valence-corrected chi connectivity index (χ2v) is 2.43. The van der Waals surface area contributed by atoms with Crippen molar-refractivity contribution in [1.29, 1.82) is 0 Å². The summed E-state index contributed by atoms with van der Waals surface area (Å²) in [7, 11) is -5.17. The molecule has 0 rings (SSSR count). The first-order valence-electron chi connectivity index (χ1n) is 2.02. The molecule has 0 bridgehead atoms. The van der Waals surface area contributed by atoms with Gasteiger partial charge in [-0.2, -0.15) is 0 Å². The van der Waals surface area contributed by atoms with Gasteiger partial charge in [-0.1, -0.05) is 5.57 Å². The number of hydrogen-bond donors (Lipinski definition) is 0. The van der Waals surface area contributed by atoms with Gasteiger partial charge in [0.1, 0.15) is 0 Å². The van der Waals surface area contributed by atoms with Gasteiger partial charge in [-0.15, -0.1) is 6.58 Å². The summed E-state index contributed by atoms with van der Waals surface area (Å²) < 4.78 is 34.1. The summed E-state index contributed by atoms with van der Waals surface area (Å²) in [6, 6.07) is 0. The van der Waals surface area contributed by atoms with Gasteiger partial charge in [0, 0.05) is 10.4 Å². The van der Waals surface area contributed by atoms with Gasteiger partial charge in [-0.25, -0.2) is 0 Å². The Labute approximate surface area is 112 Å². The first-order valence-corrected chi connectivity index (χ1v) is 3.35. The van der Waals surface area contributed by atoms with Gasteiger partial charge in [-0.3, -0.25) is 8.42 Å². The van der Waals surface area contributed by atoms with E-state index < -0.39 is 10.4 Å². The maximum atomic E-state index is 8.52. The summed E-state index contributed by atoms with van der Waals surface area (Å²) >= 11 is 0. The van der Waals surface area contributed by atoms with Crippen LogP contribution >= 0.6 is 0 Å². The molecule has 0 atom stereocenters. The maximum Gasteiger partial charge on any atom is 1.00 e. The molecule has 0 heterocycles. The standard InChI is InChI=1S/C4H8.2Na.H2O4S/c1-4(2)3;;;1-5(2,3)4/h1H2,2-3H3;;;(H2,1,2,3,4)/q;2*+1;/p-2. The van der Waals surface area contributed by atoms with E-state index in [0.717, 1.165) is 0 Å². The Morgan fingerprint density at radius 1 is 1.18 bits per heavy atom. The Morgan fingerprint density at radius 2 is 1.18 bits per heavy atom. The SMILES string of the molecule is C=C(C)C.O=S(=O)([O-])[O-].[Na+].[Na+]. The van der Waals surface area contributed by atoms with Crippen molar-refractivity contribution in [3.05, 3.63) is 12.2 Å². The normalized spacial score (nSPS) is 7.64. The Morgan fingerprint density at radius 3 is 1.18 bits per heavy atom. The van der Waals surface area contributed by atoms with Crippen molar-refractivity contribution < 1.29 is 76.6 Å². The van der Waals surface area contributed by atoms with Crippen molar-refractivity contribution in [3.63, 3.8) is 0 Å². The van der Waals surface area contributed by atoms with Crippen LogP contribution in [0.2, 0.25) is 0 Å². The van der Waals surface area contributed by atoms with Gasteiger partial charge in [0.2, 0.25) is 0 Å². The molecule has 0 aromatic heterocycles. The molecule has 56 valence electrons. The molecule has 0 unspecified atom stereocenters. The van der Waals surface area contributed by atoms with E-state index in [4.69, 9.17) is 17.5 Å². The zero-order valence-electron chi connectivity index (χ0n) is 7.25. The van der Waals surface area contributed by atoms with Crippen molar-refractivity contribution in [1.82, 2.24) is 0 Å². The Bertz CT molecular complexity index is 163. The molecule has 0 spiro atoms. The van der Waals surface area contributed by atoms with E-state index in [-0.39, 0.29) is 59.1 Å². The molecule has 0 aliphatic carbocycles. The van der Waals surface area contributed by atoms with Crippen molar-refractivity contribution in [2.45, 2.75) is 13.8 Å². The summed E-state index contributed by atoms with van der Waals surface area (Å²) in [6.45, 7) is 7.50. The predicted octanol–water partition coefficient (Wildman–Crippen LogP) is -5.75. The third kappa shape index (κ3) is 414. The van der Waals surface area contributed by atoms with Crippen LogP contribution in [0.5, 0.6) is 0 Å². The first-order chi connectivity index (χ1) is 3.73. The van der Waals surface area contributed by atoms with E-state index in [1.165, 1.54) is 5.57 Å². The number of hydrogen-bond acceptors (Lipinski definition) is 4. The van der Waals surface area contributed by atoms with Crippen LogP contribution in [-0.4, -0.2) is 17.5 Å². The van der Waals surface area contributed by atoms with Gasteiger partial charge < -0.3 is 9.11 Å². The van der Waals surface area contributed by atoms with E-state index in [0.29, 0.717) is 0 Å². The summed E-state index contributed by atoms with van der Waals surface area (Å²) in [5.74, 6) is 0. The Balaban J connectivity index is -0.0000000383. The van der Waals surface area contributed by atoms with Crippen molar-refractivity contribution >= 4 is 10.4 Å².